The predicted octanol–water partition coefficient (Wildman–Crippen LogP) is 4.18. The van der Waals surface area contributed by atoms with E-state index in [4.69, 9.17) is 0 Å². The Morgan fingerprint density at radius 2 is 1.54 bits per heavy atom. The average Bonchev–Trinajstić information content (AvgIpc) is 2.78. The molecule has 2 heterocycles. The number of carbonyl (C=O) groups excluding carboxylic acids is 1. The van der Waals surface area contributed by atoms with E-state index in [1.165, 1.54) is 0 Å². The summed E-state index contributed by atoms with van der Waals surface area (Å²) in [4.78, 5) is 37.4. The predicted molar refractivity (Wildman–Crippen MR) is 139 cm³/mol. The zero-order valence-corrected chi connectivity index (χ0v) is 21.6. The third kappa shape index (κ3) is 5.25. The van der Waals surface area contributed by atoms with Gasteiger partial charge in [0, 0.05) is 42.9 Å². The van der Waals surface area contributed by atoms with Crippen molar-refractivity contribution < 1.29 is 9.90 Å². The number of para-hydroxylation sites is 1. The van der Waals surface area contributed by atoms with E-state index in [-0.39, 0.29) is 28.0 Å². The lowest BCUT2D eigenvalue weighted by Gasteiger charge is -2.35. The maximum atomic E-state index is 13.5. The monoisotopic (exact) mass is 476 g/mol. The van der Waals surface area contributed by atoms with E-state index in [0.29, 0.717) is 55.0 Å². The van der Waals surface area contributed by atoms with E-state index in [1.54, 1.807) is 6.07 Å². The van der Waals surface area contributed by atoms with Crippen molar-refractivity contribution in [3.63, 3.8) is 0 Å². The summed E-state index contributed by atoms with van der Waals surface area (Å²) >= 11 is 0. The molecule has 1 aliphatic heterocycles. The zero-order valence-electron chi connectivity index (χ0n) is 21.6. The molecule has 0 spiro atoms. The normalized spacial score (nSPS) is 15.5. The second kappa shape index (κ2) is 9.11. The van der Waals surface area contributed by atoms with Gasteiger partial charge in [-0.25, -0.2) is 4.98 Å². The van der Waals surface area contributed by atoms with Crippen LogP contribution in [0, 0.1) is 0 Å². The summed E-state index contributed by atoms with van der Waals surface area (Å²) in [6.45, 7) is 15.4. The van der Waals surface area contributed by atoms with Crippen LogP contribution in [0.4, 0.5) is 0 Å². The molecule has 35 heavy (non-hydrogen) atoms. The van der Waals surface area contributed by atoms with Crippen LogP contribution in [0.2, 0.25) is 0 Å². The molecule has 0 unspecified atom stereocenters. The summed E-state index contributed by atoms with van der Waals surface area (Å²) < 4.78 is 0. The Bertz CT molecular complexity index is 1270. The second-order valence-corrected chi connectivity index (χ2v) is 11.5. The number of piperazine rings is 1. The maximum absolute atomic E-state index is 13.5. The Kier molecular flexibility index (Phi) is 6.49. The van der Waals surface area contributed by atoms with Crippen LogP contribution in [0.25, 0.3) is 10.9 Å². The van der Waals surface area contributed by atoms with E-state index < -0.39 is 0 Å². The summed E-state index contributed by atoms with van der Waals surface area (Å²) in [5.41, 5.74) is 2.18. The summed E-state index contributed by atoms with van der Waals surface area (Å²) in [5, 5.41) is 11.6. The van der Waals surface area contributed by atoms with Crippen LogP contribution in [0.3, 0.4) is 0 Å². The molecule has 1 aliphatic rings. The van der Waals surface area contributed by atoms with Crippen LogP contribution in [-0.2, 0) is 17.4 Å². The fourth-order valence-electron chi connectivity index (χ4n) is 4.61. The molecule has 7 heteroatoms. The summed E-state index contributed by atoms with van der Waals surface area (Å²) in [5.74, 6) is 0.901. The standard InChI is InChI=1S/C28H36N4O3/c1-27(2,3)20-15-18(16-21(24(20)33)28(4,5)6)26(35)32-13-11-31(12-14-32)17-23-29-22-10-8-7-9-19(22)25(34)30-23/h7-10,15-16,33H,11-14,17H2,1-6H3,(H,29,30,34). The van der Waals surface area contributed by atoms with Gasteiger partial charge in [-0.2, -0.15) is 0 Å². The van der Waals surface area contributed by atoms with Crippen molar-refractivity contribution in [2.75, 3.05) is 26.2 Å². The van der Waals surface area contributed by atoms with Gasteiger partial charge in [0.25, 0.3) is 11.5 Å². The number of fused-ring (bicyclic) bond motifs is 1. The number of phenolic OH excluding ortho intramolecular Hbond substituents is 1. The van der Waals surface area contributed by atoms with Gasteiger partial charge in [-0.3, -0.25) is 14.5 Å². The molecule has 2 N–H and O–H groups in total. The smallest absolute Gasteiger partial charge is 0.258 e. The van der Waals surface area contributed by atoms with Gasteiger partial charge >= 0.3 is 0 Å². The molecule has 0 bridgehead atoms. The van der Waals surface area contributed by atoms with Crippen molar-refractivity contribution in [1.82, 2.24) is 19.8 Å². The van der Waals surface area contributed by atoms with Crippen LogP contribution >= 0.6 is 0 Å². The highest BCUT2D eigenvalue weighted by atomic mass is 16.3. The largest absolute Gasteiger partial charge is 0.507 e. The number of nitrogens with one attached hydrogen (secondary N) is 1. The molecule has 2 aromatic carbocycles. The second-order valence-electron chi connectivity index (χ2n) is 11.5. The van der Waals surface area contributed by atoms with Gasteiger partial charge in [0.1, 0.15) is 11.6 Å². The molecule has 186 valence electrons. The van der Waals surface area contributed by atoms with Crippen LogP contribution in [-0.4, -0.2) is 57.0 Å². The van der Waals surface area contributed by atoms with Crippen molar-refractivity contribution in [1.29, 1.82) is 0 Å². The Balaban J connectivity index is 1.50. The van der Waals surface area contributed by atoms with E-state index in [2.05, 4.69) is 14.9 Å². The number of nitrogens with zero attached hydrogens (tertiary/aromatic N) is 3. The van der Waals surface area contributed by atoms with Gasteiger partial charge in [0.15, 0.2) is 0 Å². The first kappa shape index (κ1) is 24.9. The molecule has 4 rings (SSSR count). The first-order chi connectivity index (χ1) is 16.3. The maximum Gasteiger partial charge on any atom is 0.258 e. The first-order valence-corrected chi connectivity index (χ1v) is 12.2. The molecule has 7 nitrogen and oxygen atoms in total. The third-order valence-corrected chi connectivity index (χ3v) is 6.67. The third-order valence-electron chi connectivity index (χ3n) is 6.67. The minimum atomic E-state index is -0.289. The van der Waals surface area contributed by atoms with Gasteiger partial charge in [0.05, 0.1) is 17.4 Å². The van der Waals surface area contributed by atoms with Crippen molar-refractivity contribution in [3.8, 4) is 5.75 Å². The van der Waals surface area contributed by atoms with Crippen LogP contribution in [0.15, 0.2) is 41.2 Å². The molecule has 3 aromatic rings. The minimum Gasteiger partial charge on any atom is -0.507 e. The number of rotatable bonds is 3. The molecular formula is C28H36N4O3. The lowest BCUT2D eigenvalue weighted by Crippen LogP contribution is -2.48. The Labute approximate surface area is 206 Å². The zero-order chi connectivity index (χ0) is 25.5. The summed E-state index contributed by atoms with van der Waals surface area (Å²) in [6, 6.07) is 11.0. The van der Waals surface area contributed by atoms with Gasteiger partial charge < -0.3 is 15.0 Å². The van der Waals surface area contributed by atoms with Gasteiger partial charge in [0.2, 0.25) is 0 Å². The van der Waals surface area contributed by atoms with Crippen LogP contribution < -0.4 is 5.56 Å². The Morgan fingerprint density at radius 1 is 0.971 bits per heavy atom. The quantitative estimate of drug-likeness (QED) is 0.592. The van der Waals surface area contributed by atoms with Gasteiger partial charge in [-0.05, 0) is 35.1 Å². The number of phenols is 1. The van der Waals surface area contributed by atoms with Crippen LogP contribution in [0.1, 0.15) is 68.9 Å². The van der Waals surface area contributed by atoms with Gasteiger partial charge in [-0.1, -0.05) is 53.7 Å². The summed E-state index contributed by atoms with van der Waals surface area (Å²) in [7, 11) is 0. The van der Waals surface area contributed by atoms with Crippen molar-refractivity contribution in [2.45, 2.75) is 58.9 Å². The molecule has 1 amide bonds. The SMILES string of the molecule is CC(C)(C)c1cc(C(=O)N2CCN(Cc3nc4ccccc4c(=O)[nH]3)CC2)cc(C(C)(C)C)c1O. The molecular weight excluding hydrogens is 440 g/mol. The highest BCUT2D eigenvalue weighted by molar-refractivity contribution is 5.95. The number of carbonyl (C=O) groups is 1. The minimum absolute atomic E-state index is 0.0158. The Hall–Kier alpha value is -3.19. The fraction of sp³-hybridized carbons (Fsp3) is 0.464. The number of aromatic nitrogens is 2. The number of benzene rings is 2. The van der Waals surface area contributed by atoms with Crippen molar-refractivity contribution in [2.24, 2.45) is 0 Å². The lowest BCUT2D eigenvalue weighted by atomic mass is 9.78. The molecule has 1 saturated heterocycles. The summed E-state index contributed by atoms with van der Waals surface area (Å²) in [6.07, 6.45) is 0. The Morgan fingerprint density at radius 3 is 2.11 bits per heavy atom. The molecule has 0 saturated carbocycles. The van der Waals surface area contributed by atoms with Crippen molar-refractivity contribution in [3.05, 3.63) is 69.3 Å². The number of hydrogen-bond acceptors (Lipinski definition) is 5. The lowest BCUT2D eigenvalue weighted by molar-refractivity contribution is 0.0625. The molecule has 1 fully saturated rings. The number of H-pyrrole nitrogens is 1. The number of hydrogen-bond donors (Lipinski definition) is 2. The average molecular weight is 477 g/mol. The molecule has 0 atom stereocenters. The fourth-order valence-corrected chi connectivity index (χ4v) is 4.61. The topological polar surface area (TPSA) is 89.5 Å². The van der Waals surface area contributed by atoms with E-state index in [0.717, 1.165) is 11.1 Å². The van der Waals surface area contributed by atoms with E-state index in [1.807, 2.05) is 76.8 Å². The van der Waals surface area contributed by atoms with Crippen LogP contribution in [0.5, 0.6) is 5.75 Å². The highest BCUT2D eigenvalue weighted by Crippen LogP contribution is 2.40. The molecule has 0 radical (unpaired) electrons. The first-order valence-electron chi connectivity index (χ1n) is 12.2. The molecule has 0 aliphatic carbocycles. The number of amides is 1. The number of aromatic hydroxyl groups is 1. The van der Waals surface area contributed by atoms with E-state index >= 15 is 0 Å². The highest BCUT2D eigenvalue weighted by Gasteiger charge is 2.30. The number of aromatic amines is 1. The van der Waals surface area contributed by atoms with E-state index in [9.17, 15) is 14.7 Å². The molecule has 1 aromatic heterocycles. The van der Waals surface area contributed by atoms with Gasteiger partial charge in [-0.15, -0.1) is 0 Å². The van der Waals surface area contributed by atoms with Crippen molar-refractivity contribution >= 4 is 16.8 Å².